The molecule has 18 rings (SSSR count). The molecule has 13 nitrogen and oxygen atoms in total. The van der Waals surface area contributed by atoms with Crippen LogP contribution >= 0.6 is 20.4 Å². The Bertz CT molecular complexity index is 5800. The summed E-state index contributed by atoms with van der Waals surface area (Å²) in [4.78, 5) is 37.5. The van der Waals surface area contributed by atoms with Gasteiger partial charge in [0.15, 0.2) is 0 Å². The third-order valence-electron chi connectivity index (χ3n) is 18.5. The molecule has 2 radical (unpaired) electrons. The summed E-state index contributed by atoms with van der Waals surface area (Å²) in [5, 5.41) is 9.44. The fourth-order valence-electron chi connectivity index (χ4n) is 13.3. The molecule has 0 saturated heterocycles. The Kier molecular flexibility index (Phi) is 22.0. The van der Waals surface area contributed by atoms with Gasteiger partial charge in [0.05, 0.1) is 27.2 Å². The van der Waals surface area contributed by atoms with Crippen molar-refractivity contribution in [2.24, 2.45) is 4.66 Å². The first-order valence-corrected chi connectivity index (χ1v) is 38.1. The van der Waals surface area contributed by atoms with E-state index < -0.39 is 15.1 Å². The lowest BCUT2D eigenvalue weighted by atomic mass is 10.0. The third kappa shape index (κ3) is 15.8. The van der Waals surface area contributed by atoms with Crippen molar-refractivity contribution in [2.75, 3.05) is 27.8 Å². The molecule has 108 heavy (non-hydrogen) atoms. The highest BCUT2D eigenvalue weighted by molar-refractivity contribution is 7.21. The number of thiazole rings is 1. The topological polar surface area (TPSA) is 132 Å². The number of aromatic nitrogens is 4. The maximum atomic E-state index is 12.5. The number of anilines is 7. The van der Waals surface area contributed by atoms with Gasteiger partial charge >= 0.3 is 20.8 Å². The molecule has 0 unspecified atom stereocenters. The fraction of sp³-hybridized carbons (Fsp3) is 0.0440. The molecule has 17 heteroatoms. The van der Waals surface area contributed by atoms with Crippen molar-refractivity contribution >= 4 is 159 Å². The largest absolute Gasteiger partial charge is 1.20 e. The second kappa shape index (κ2) is 33.5. The summed E-state index contributed by atoms with van der Waals surface area (Å²) < 4.78 is 28.7. The van der Waals surface area contributed by atoms with Crippen LogP contribution < -0.4 is 31.7 Å². The van der Waals surface area contributed by atoms with Gasteiger partial charge in [0, 0.05) is 98.5 Å². The number of rotatable bonds is 17. The van der Waals surface area contributed by atoms with Gasteiger partial charge in [-0.3, -0.25) is 15.0 Å². The standard InChI is InChI=1S/C44H32N2.C20H18N2O2S.3C9H7NO.Al.BHNP/c1-3-17-37(18-4-1)45(43-23-11-15-35-13-7-9-21-41(35)43)39-29-25-33(26-30-39)34-27-31-40(32-28-34)46(38-19-5-2-6-20-38)44-24-12-16-36-14-8-10-22-42(36)44;1-3-22(4-2)14-10-9-13-11-15(20(23)24-17(13)12-14)19-21-16-7-5-6-8-18(16)25-19;3*11-8-5-1-3-7-4-2-6-10-9(7)8;;1-2-3/h1-32H;5-12H,3-4H2,1-2H3;3*1-6,11H;;3H/q;;;;;+3;/p-3. The highest BCUT2D eigenvalue weighted by atomic mass is 32.1. The smallest absolute Gasteiger partial charge is 0.576 e. The highest BCUT2D eigenvalue weighted by Crippen LogP contribution is 2.43. The van der Waals surface area contributed by atoms with Crippen LogP contribution in [-0.2, 0) is 0 Å². The molecule has 0 bridgehead atoms. The SMILES string of the molecule is CCN(CC)c1ccc2cc(-c3nc4ccccc4s3)c(=O)oc2c1.[B]N=P.c1ccc(N(c2ccc(-c3ccc(N(c4ccccc4)c4cccc5ccccc45)cc3)cc2)c2cccc3ccccc23)cc1.c1cnc2c([O][Al]([O]c3cccc4cccnc34)[O]c3cccc4cccnc34)cccc2c1. The first-order chi connectivity index (χ1) is 53.3. The number of fused-ring (bicyclic) bond motifs is 7. The van der Waals surface area contributed by atoms with E-state index in [2.05, 4.69) is 270 Å². The summed E-state index contributed by atoms with van der Waals surface area (Å²) in [5.74, 6) is 1.82. The lowest BCUT2D eigenvalue weighted by Crippen LogP contribution is -2.37. The van der Waals surface area contributed by atoms with Crippen LogP contribution in [0.5, 0.6) is 17.2 Å². The number of para-hydroxylation sites is 6. The van der Waals surface area contributed by atoms with Crippen molar-refractivity contribution in [3.63, 3.8) is 0 Å². The zero-order chi connectivity index (χ0) is 73.6. The molecule has 0 aliphatic carbocycles. The molecule has 0 spiro atoms. The number of hydrogen-bond donors (Lipinski definition) is 0. The van der Waals surface area contributed by atoms with E-state index in [0.717, 1.165) is 101 Å². The average molecular weight is 1460 g/mol. The van der Waals surface area contributed by atoms with Gasteiger partial charge in [0.1, 0.15) is 44.4 Å². The molecule has 13 aromatic carbocycles. The van der Waals surface area contributed by atoms with Crippen LogP contribution in [0.2, 0.25) is 0 Å². The molecule has 5 aromatic heterocycles. The zero-order valence-corrected chi connectivity index (χ0v) is 62.1. The van der Waals surface area contributed by atoms with Gasteiger partial charge in [-0.25, -0.2) is 9.78 Å². The van der Waals surface area contributed by atoms with Gasteiger partial charge in [0.2, 0.25) is 0 Å². The first-order valence-electron chi connectivity index (χ1n) is 35.4. The van der Waals surface area contributed by atoms with E-state index in [9.17, 15) is 4.79 Å². The molecule has 0 amide bonds. The van der Waals surface area contributed by atoms with Crippen LogP contribution in [0.15, 0.2) is 366 Å². The number of benzene rings is 13. The molecule has 0 atom stereocenters. The minimum Gasteiger partial charge on any atom is -0.576 e. The molecule has 0 aliphatic rings. The highest BCUT2D eigenvalue weighted by Gasteiger charge is 2.46. The quantitative estimate of drug-likeness (QED) is 0.0488. The summed E-state index contributed by atoms with van der Waals surface area (Å²) in [6, 6.07) is 114. The Hall–Kier alpha value is -12.8. The van der Waals surface area contributed by atoms with Gasteiger partial charge in [-0.05, 0) is 172 Å². The molecule has 18 aromatic rings. The minimum absolute atomic E-state index is 0.344. The molecule has 0 saturated carbocycles. The Morgan fingerprint density at radius 3 is 1.27 bits per heavy atom. The molecular weight excluding hydrogens is 1390 g/mol. The Labute approximate surface area is 638 Å². The maximum Gasteiger partial charge on any atom is 1.20 e. The van der Waals surface area contributed by atoms with E-state index in [0.29, 0.717) is 33.4 Å². The Morgan fingerprint density at radius 2 is 0.806 bits per heavy atom. The Balaban J connectivity index is 0.000000133. The summed E-state index contributed by atoms with van der Waals surface area (Å²) >= 11 is -1.35. The molecule has 0 fully saturated rings. The normalized spacial score (nSPS) is 10.9. The summed E-state index contributed by atoms with van der Waals surface area (Å²) in [6.07, 6.45) is 5.24. The Morgan fingerprint density at radius 1 is 0.417 bits per heavy atom. The summed E-state index contributed by atoms with van der Waals surface area (Å²) in [6.45, 7) is 6.05. The van der Waals surface area contributed by atoms with Crippen molar-refractivity contribution in [2.45, 2.75) is 13.8 Å². The monoisotopic (exact) mass is 1450 g/mol. The predicted octanol–water partition coefficient (Wildman–Crippen LogP) is 23.8. The van der Waals surface area contributed by atoms with Crippen LogP contribution in [0, 0.1) is 0 Å². The lowest BCUT2D eigenvalue weighted by molar-refractivity contribution is 0.311. The van der Waals surface area contributed by atoms with Crippen molar-refractivity contribution < 1.29 is 15.8 Å². The second-order valence-electron chi connectivity index (χ2n) is 25.0. The van der Waals surface area contributed by atoms with Crippen molar-refractivity contribution in [3.05, 3.63) is 363 Å². The van der Waals surface area contributed by atoms with E-state index >= 15 is 0 Å². The third-order valence-corrected chi connectivity index (χ3v) is 20.9. The van der Waals surface area contributed by atoms with Crippen molar-refractivity contribution in [1.82, 2.24) is 19.9 Å². The zero-order valence-electron chi connectivity index (χ0n) is 59.1. The predicted molar refractivity (Wildman–Crippen MR) is 450 cm³/mol. The number of pyridine rings is 3. The fourth-order valence-corrected chi connectivity index (χ4v) is 15.6. The summed E-state index contributed by atoms with van der Waals surface area (Å²) in [5.41, 5.74) is 14.2. The molecule has 0 aliphatic heterocycles. The second-order valence-corrected chi connectivity index (χ2v) is 27.6. The van der Waals surface area contributed by atoms with Crippen LogP contribution in [-0.4, -0.2) is 56.2 Å². The number of hydrogen-bond acceptors (Lipinski definition) is 14. The van der Waals surface area contributed by atoms with E-state index in [1.165, 1.54) is 44.0 Å². The minimum atomic E-state index is -2.86. The van der Waals surface area contributed by atoms with Crippen LogP contribution in [0.1, 0.15) is 13.8 Å². The summed E-state index contributed by atoms with van der Waals surface area (Å²) in [7, 11) is 6.97. The molecular formula is C91H69AlBN8O5PS. The van der Waals surface area contributed by atoms with Gasteiger partial charge in [-0.2, -0.15) is 0 Å². The van der Waals surface area contributed by atoms with Gasteiger partial charge in [0.25, 0.3) is 7.98 Å². The number of nitrogens with zero attached hydrogens (tertiary/aromatic N) is 8. The van der Waals surface area contributed by atoms with Crippen molar-refractivity contribution in [1.29, 1.82) is 0 Å². The van der Waals surface area contributed by atoms with Crippen LogP contribution in [0.3, 0.4) is 0 Å². The molecule has 520 valence electrons. The van der Waals surface area contributed by atoms with Gasteiger partial charge in [-0.15, -0.1) is 11.3 Å². The van der Waals surface area contributed by atoms with E-state index in [1.807, 2.05) is 133 Å². The van der Waals surface area contributed by atoms with Crippen LogP contribution in [0.25, 0.3) is 97.1 Å². The average Bonchev–Trinajstić information content (AvgIpc) is 1.05. The molecule has 5 heterocycles. The first kappa shape index (κ1) is 70.8. The molecule has 0 N–H and O–H groups in total. The van der Waals surface area contributed by atoms with E-state index in [-0.39, 0.29) is 5.63 Å². The maximum absolute atomic E-state index is 12.5. The lowest BCUT2D eigenvalue weighted by Gasteiger charge is -2.27. The van der Waals surface area contributed by atoms with Gasteiger partial charge in [-0.1, -0.05) is 200 Å². The van der Waals surface area contributed by atoms with Crippen molar-refractivity contribution in [3.8, 4) is 38.9 Å². The van der Waals surface area contributed by atoms with Crippen LogP contribution in [0.4, 0.5) is 39.8 Å². The van der Waals surface area contributed by atoms with Gasteiger partial charge < -0.3 is 35.1 Å². The van der Waals surface area contributed by atoms with E-state index in [1.54, 1.807) is 18.6 Å². The van der Waals surface area contributed by atoms with E-state index in [4.69, 9.17) is 15.8 Å².